The second-order valence-electron chi connectivity index (χ2n) is 5.38. The number of hydrogen-bond donors (Lipinski definition) is 1. The molecule has 0 aliphatic heterocycles. The van der Waals surface area contributed by atoms with Crippen molar-refractivity contribution in [2.24, 2.45) is 0 Å². The van der Waals surface area contributed by atoms with Gasteiger partial charge in [0, 0.05) is 21.7 Å². The molecule has 1 N–H and O–H groups in total. The summed E-state index contributed by atoms with van der Waals surface area (Å²) in [6, 6.07) is 12.4. The van der Waals surface area contributed by atoms with Crippen molar-refractivity contribution in [3.63, 3.8) is 0 Å². The van der Waals surface area contributed by atoms with Gasteiger partial charge in [-0.15, -0.1) is 0 Å². The standard InChI is InChI=1S/C18H19BrN2O/c1-22-14-8-4-7-13(12-14)6-2-3-10-16-17(19)15-9-5-11-20-18(15)21-16/h4-5,7-9,11-12H,2-3,6,10H2,1H3,(H,20,21). The smallest absolute Gasteiger partial charge is 0.138 e. The zero-order chi connectivity index (χ0) is 15.4. The van der Waals surface area contributed by atoms with Crippen LogP contribution >= 0.6 is 15.9 Å². The second-order valence-corrected chi connectivity index (χ2v) is 6.17. The van der Waals surface area contributed by atoms with E-state index in [1.807, 2.05) is 24.4 Å². The fraction of sp³-hybridized carbons (Fsp3) is 0.278. The van der Waals surface area contributed by atoms with Crippen LogP contribution in [0.4, 0.5) is 0 Å². The van der Waals surface area contributed by atoms with Crippen molar-refractivity contribution < 1.29 is 4.74 Å². The molecule has 0 saturated heterocycles. The molecule has 4 heteroatoms. The van der Waals surface area contributed by atoms with Crippen LogP contribution in [0.2, 0.25) is 0 Å². The molecule has 0 aliphatic rings. The molecule has 0 radical (unpaired) electrons. The van der Waals surface area contributed by atoms with Gasteiger partial charge in [-0.05, 0) is 71.4 Å². The average molecular weight is 359 g/mol. The highest BCUT2D eigenvalue weighted by molar-refractivity contribution is 9.10. The van der Waals surface area contributed by atoms with Gasteiger partial charge in [0.25, 0.3) is 0 Å². The number of aromatic amines is 1. The van der Waals surface area contributed by atoms with E-state index < -0.39 is 0 Å². The number of hydrogen-bond acceptors (Lipinski definition) is 2. The molecule has 3 aromatic rings. The number of aromatic nitrogens is 2. The predicted molar refractivity (Wildman–Crippen MR) is 93.4 cm³/mol. The van der Waals surface area contributed by atoms with Crippen molar-refractivity contribution in [1.82, 2.24) is 9.97 Å². The summed E-state index contributed by atoms with van der Waals surface area (Å²) in [5.41, 5.74) is 3.52. The lowest BCUT2D eigenvalue weighted by Crippen LogP contribution is -1.91. The molecular weight excluding hydrogens is 340 g/mol. The highest BCUT2D eigenvalue weighted by atomic mass is 79.9. The first kappa shape index (κ1) is 15.1. The van der Waals surface area contributed by atoms with E-state index in [9.17, 15) is 0 Å². The fourth-order valence-corrected chi connectivity index (χ4v) is 3.29. The molecule has 0 atom stereocenters. The fourth-order valence-electron chi connectivity index (χ4n) is 2.67. The molecule has 0 fully saturated rings. The van der Waals surface area contributed by atoms with Gasteiger partial charge >= 0.3 is 0 Å². The summed E-state index contributed by atoms with van der Waals surface area (Å²) in [4.78, 5) is 7.76. The van der Waals surface area contributed by atoms with Crippen LogP contribution < -0.4 is 4.74 Å². The number of pyridine rings is 1. The van der Waals surface area contributed by atoms with Crippen molar-refractivity contribution in [3.05, 3.63) is 58.3 Å². The number of rotatable bonds is 6. The Kier molecular flexibility index (Phi) is 4.78. The largest absolute Gasteiger partial charge is 0.497 e. The molecule has 22 heavy (non-hydrogen) atoms. The van der Waals surface area contributed by atoms with E-state index in [1.54, 1.807) is 7.11 Å². The van der Waals surface area contributed by atoms with Crippen LogP contribution in [0.25, 0.3) is 11.0 Å². The molecule has 0 spiro atoms. The van der Waals surface area contributed by atoms with Crippen LogP contribution in [0.3, 0.4) is 0 Å². The summed E-state index contributed by atoms with van der Waals surface area (Å²) in [7, 11) is 1.71. The number of halogens is 1. The minimum absolute atomic E-state index is 0.932. The molecule has 0 unspecified atom stereocenters. The lowest BCUT2D eigenvalue weighted by atomic mass is 10.1. The first-order valence-corrected chi connectivity index (χ1v) is 8.31. The topological polar surface area (TPSA) is 37.9 Å². The Labute approximate surface area is 138 Å². The van der Waals surface area contributed by atoms with E-state index in [0.29, 0.717) is 0 Å². The van der Waals surface area contributed by atoms with Gasteiger partial charge < -0.3 is 9.72 Å². The van der Waals surface area contributed by atoms with Crippen molar-refractivity contribution in [1.29, 1.82) is 0 Å². The summed E-state index contributed by atoms with van der Waals surface area (Å²) >= 11 is 3.68. The van der Waals surface area contributed by atoms with Crippen LogP contribution in [0.15, 0.2) is 47.1 Å². The maximum atomic E-state index is 5.26. The first-order chi connectivity index (χ1) is 10.8. The third-order valence-corrected chi connectivity index (χ3v) is 4.76. The summed E-state index contributed by atoms with van der Waals surface area (Å²) in [6.45, 7) is 0. The summed E-state index contributed by atoms with van der Waals surface area (Å²) in [5.74, 6) is 0.932. The highest BCUT2D eigenvalue weighted by Crippen LogP contribution is 2.27. The number of aryl methyl sites for hydroxylation is 2. The van der Waals surface area contributed by atoms with Gasteiger partial charge in [-0.3, -0.25) is 0 Å². The van der Waals surface area contributed by atoms with Gasteiger partial charge in [0.2, 0.25) is 0 Å². The lowest BCUT2D eigenvalue weighted by molar-refractivity contribution is 0.414. The number of nitrogens with zero attached hydrogens (tertiary/aromatic N) is 1. The molecule has 0 amide bonds. The molecule has 0 saturated carbocycles. The van der Waals surface area contributed by atoms with Crippen LogP contribution in [-0.4, -0.2) is 17.1 Å². The molecule has 2 aromatic heterocycles. The van der Waals surface area contributed by atoms with Gasteiger partial charge in [-0.25, -0.2) is 4.98 Å². The van der Waals surface area contributed by atoms with E-state index in [0.717, 1.165) is 46.9 Å². The Morgan fingerprint density at radius 2 is 2.00 bits per heavy atom. The number of ether oxygens (including phenoxy) is 1. The predicted octanol–water partition coefficient (Wildman–Crippen LogP) is 4.90. The Bertz CT molecular complexity index is 767. The Morgan fingerprint density at radius 1 is 1.14 bits per heavy atom. The Morgan fingerprint density at radius 3 is 2.82 bits per heavy atom. The number of nitrogens with one attached hydrogen (secondary N) is 1. The maximum absolute atomic E-state index is 5.26. The molecule has 0 aliphatic carbocycles. The summed E-state index contributed by atoms with van der Waals surface area (Å²) in [6.07, 6.45) is 6.22. The lowest BCUT2D eigenvalue weighted by Gasteiger charge is -2.04. The van der Waals surface area contributed by atoms with Gasteiger partial charge in [-0.1, -0.05) is 12.1 Å². The SMILES string of the molecule is COc1cccc(CCCCc2[nH]c3ncccc3c2Br)c1. The third kappa shape index (κ3) is 3.33. The minimum Gasteiger partial charge on any atom is -0.497 e. The van der Waals surface area contributed by atoms with E-state index in [1.165, 1.54) is 11.3 Å². The van der Waals surface area contributed by atoms with E-state index in [-0.39, 0.29) is 0 Å². The number of methoxy groups -OCH3 is 1. The molecular formula is C18H19BrN2O. The molecule has 1 aromatic carbocycles. The first-order valence-electron chi connectivity index (χ1n) is 7.52. The second kappa shape index (κ2) is 6.97. The monoisotopic (exact) mass is 358 g/mol. The molecule has 2 heterocycles. The van der Waals surface area contributed by atoms with Gasteiger partial charge in [0.15, 0.2) is 0 Å². The third-order valence-electron chi connectivity index (χ3n) is 3.85. The number of unbranched alkanes of at least 4 members (excludes halogenated alkanes) is 1. The Hall–Kier alpha value is -1.81. The summed E-state index contributed by atoms with van der Waals surface area (Å²) in [5, 5.41) is 1.16. The molecule has 3 rings (SSSR count). The van der Waals surface area contributed by atoms with E-state index in [2.05, 4.69) is 44.1 Å². The molecule has 3 nitrogen and oxygen atoms in total. The van der Waals surface area contributed by atoms with Crippen LogP contribution in [0.1, 0.15) is 24.1 Å². The quantitative estimate of drug-likeness (QED) is 0.636. The zero-order valence-electron chi connectivity index (χ0n) is 12.6. The highest BCUT2D eigenvalue weighted by Gasteiger charge is 2.08. The van der Waals surface area contributed by atoms with E-state index >= 15 is 0 Å². The zero-order valence-corrected chi connectivity index (χ0v) is 14.2. The number of fused-ring (bicyclic) bond motifs is 1. The maximum Gasteiger partial charge on any atom is 0.138 e. The van der Waals surface area contributed by atoms with Gasteiger partial charge in [-0.2, -0.15) is 0 Å². The summed E-state index contributed by atoms with van der Waals surface area (Å²) < 4.78 is 6.41. The average Bonchev–Trinajstić information content (AvgIpc) is 2.88. The van der Waals surface area contributed by atoms with Crippen LogP contribution in [0.5, 0.6) is 5.75 Å². The van der Waals surface area contributed by atoms with Crippen molar-refractivity contribution in [2.75, 3.05) is 7.11 Å². The van der Waals surface area contributed by atoms with Gasteiger partial charge in [0.1, 0.15) is 11.4 Å². The molecule has 114 valence electrons. The normalized spacial score (nSPS) is 11.0. The van der Waals surface area contributed by atoms with Crippen molar-refractivity contribution in [3.8, 4) is 5.75 Å². The minimum atomic E-state index is 0.932. The number of benzene rings is 1. The van der Waals surface area contributed by atoms with Gasteiger partial charge in [0.05, 0.1) is 7.11 Å². The molecule has 0 bridgehead atoms. The van der Waals surface area contributed by atoms with Crippen LogP contribution in [-0.2, 0) is 12.8 Å². The van der Waals surface area contributed by atoms with Crippen LogP contribution in [0, 0.1) is 0 Å². The van der Waals surface area contributed by atoms with Crippen molar-refractivity contribution >= 4 is 27.0 Å². The van der Waals surface area contributed by atoms with Crippen molar-refractivity contribution in [2.45, 2.75) is 25.7 Å². The van der Waals surface area contributed by atoms with E-state index in [4.69, 9.17) is 4.74 Å². The number of H-pyrrole nitrogens is 1. The Balaban J connectivity index is 1.57.